The number of nitrogens with zero attached hydrogens (tertiary/aromatic N) is 1. The van der Waals surface area contributed by atoms with Gasteiger partial charge in [-0.3, -0.25) is 14.5 Å². The van der Waals surface area contributed by atoms with Crippen LogP contribution in [0.5, 0.6) is 0 Å². The SMILES string of the molecule is O=C1C=CC(=O)N1C/C=C\CBr. The van der Waals surface area contributed by atoms with Crippen LogP contribution >= 0.6 is 15.9 Å². The molecule has 2 amide bonds. The molecule has 0 atom stereocenters. The van der Waals surface area contributed by atoms with Gasteiger partial charge in [-0.05, 0) is 0 Å². The van der Waals surface area contributed by atoms with E-state index in [4.69, 9.17) is 0 Å². The molecule has 1 heterocycles. The van der Waals surface area contributed by atoms with E-state index in [2.05, 4.69) is 15.9 Å². The normalized spacial score (nSPS) is 16.9. The maximum Gasteiger partial charge on any atom is 0.253 e. The molecule has 0 aromatic heterocycles. The number of halogens is 1. The molecule has 0 spiro atoms. The fourth-order valence-electron chi connectivity index (χ4n) is 0.854. The van der Waals surface area contributed by atoms with Crippen molar-refractivity contribution in [1.82, 2.24) is 4.90 Å². The molecule has 0 fully saturated rings. The summed E-state index contributed by atoms with van der Waals surface area (Å²) in [7, 11) is 0. The first-order valence-electron chi connectivity index (χ1n) is 3.50. The number of imide groups is 1. The first-order valence-corrected chi connectivity index (χ1v) is 4.62. The Morgan fingerprint density at radius 1 is 1.25 bits per heavy atom. The highest BCUT2D eigenvalue weighted by molar-refractivity contribution is 9.09. The van der Waals surface area contributed by atoms with Gasteiger partial charge in [0.05, 0.1) is 0 Å². The highest BCUT2D eigenvalue weighted by Gasteiger charge is 2.21. The number of alkyl halides is 1. The van der Waals surface area contributed by atoms with Crippen molar-refractivity contribution in [1.29, 1.82) is 0 Å². The van der Waals surface area contributed by atoms with Crippen molar-refractivity contribution in [2.75, 3.05) is 11.9 Å². The Labute approximate surface area is 78.9 Å². The van der Waals surface area contributed by atoms with Gasteiger partial charge in [-0.1, -0.05) is 28.1 Å². The van der Waals surface area contributed by atoms with Gasteiger partial charge in [-0.25, -0.2) is 0 Å². The molecule has 1 rings (SSSR count). The number of carbonyl (C=O) groups excluding carboxylic acids is 2. The zero-order chi connectivity index (χ0) is 8.97. The van der Waals surface area contributed by atoms with Crippen molar-refractivity contribution in [3.8, 4) is 0 Å². The van der Waals surface area contributed by atoms with Gasteiger partial charge in [0.25, 0.3) is 11.8 Å². The van der Waals surface area contributed by atoms with Gasteiger partial charge in [-0.15, -0.1) is 0 Å². The summed E-state index contributed by atoms with van der Waals surface area (Å²) in [5.74, 6) is -0.474. The van der Waals surface area contributed by atoms with E-state index in [0.29, 0.717) is 6.54 Å². The van der Waals surface area contributed by atoms with Crippen LogP contribution in [0.15, 0.2) is 24.3 Å². The molecular weight excluding hydrogens is 222 g/mol. The third kappa shape index (κ3) is 2.04. The Kier molecular flexibility index (Phi) is 3.22. The van der Waals surface area contributed by atoms with Crippen molar-refractivity contribution in [2.24, 2.45) is 0 Å². The van der Waals surface area contributed by atoms with Crippen molar-refractivity contribution in [2.45, 2.75) is 0 Å². The summed E-state index contributed by atoms with van der Waals surface area (Å²) in [6, 6.07) is 0. The van der Waals surface area contributed by atoms with Crippen LogP contribution in [-0.4, -0.2) is 28.6 Å². The van der Waals surface area contributed by atoms with Crippen LogP contribution in [0.25, 0.3) is 0 Å². The van der Waals surface area contributed by atoms with Crippen LogP contribution < -0.4 is 0 Å². The number of amides is 2. The average molecular weight is 230 g/mol. The molecule has 0 N–H and O–H groups in total. The largest absolute Gasteiger partial charge is 0.272 e. The molecule has 12 heavy (non-hydrogen) atoms. The van der Waals surface area contributed by atoms with Gasteiger partial charge in [0.1, 0.15) is 0 Å². The van der Waals surface area contributed by atoms with Crippen molar-refractivity contribution in [3.05, 3.63) is 24.3 Å². The molecule has 4 heteroatoms. The Balaban J connectivity index is 2.48. The summed E-state index contributed by atoms with van der Waals surface area (Å²) in [6.07, 6.45) is 6.19. The van der Waals surface area contributed by atoms with Gasteiger partial charge < -0.3 is 0 Å². The van der Waals surface area contributed by atoms with Gasteiger partial charge in [0, 0.05) is 24.0 Å². The van der Waals surface area contributed by atoms with Crippen LogP contribution in [-0.2, 0) is 9.59 Å². The smallest absolute Gasteiger partial charge is 0.253 e. The maximum absolute atomic E-state index is 11.0. The zero-order valence-corrected chi connectivity index (χ0v) is 7.95. The monoisotopic (exact) mass is 229 g/mol. The minimum Gasteiger partial charge on any atom is -0.272 e. The quantitative estimate of drug-likeness (QED) is 0.409. The van der Waals surface area contributed by atoms with E-state index in [-0.39, 0.29) is 11.8 Å². The summed E-state index contributed by atoms with van der Waals surface area (Å²) < 4.78 is 0. The fourth-order valence-corrected chi connectivity index (χ4v) is 1.12. The van der Waals surface area contributed by atoms with Crippen LogP contribution in [0, 0.1) is 0 Å². The Hall–Kier alpha value is -0.900. The van der Waals surface area contributed by atoms with Crippen LogP contribution in [0.4, 0.5) is 0 Å². The molecule has 0 saturated carbocycles. The second kappa shape index (κ2) is 4.21. The second-order valence-corrected chi connectivity index (χ2v) is 2.89. The fraction of sp³-hybridized carbons (Fsp3) is 0.250. The lowest BCUT2D eigenvalue weighted by molar-refractivity contribution is -0.136. The summed E-state index contributed by atoms with van der Waals surface area (Å²) in [5, 5.41) is 0.733. The van der Waals surface area contributed by atoms with Crippen LogP contribution in [0.1, 0.15) is 0 Å². The molecule has 0 unspecified atom stereocenters. The van der Waals surface area contributed by atoms with Crippen molar-refractivity contribution in [3.63, 3.8) is 0 Å². The number of allylic oxidation sites excluding steroid dienone is 1. The molecule has 0 aromatic rings. The predicted molar refractivity (Wildman–Crippen MR) is 48.8 cm³/mol. The minimum atomic E-state index is -0.237. The van der Waals surface area contributed by atoms with E-state index in [1.807, 2.05) is 6.08 Å². The summed E-state index contributed by atoms with van der Waals surface area (Å²) in [4.78, 5) is 23.1. The number of hydrogen-bond donors (Lipinski definition) is 0. The number of carbonyl (C=O) groups is 2. The average Bonchev–Trinajstić information content (AvgIpc) is 2.35. The van der Waals surface area contributed by atoms with Gasteiger partial charge in [0.15, 0.2) is 0 Å². The first kappa shape index (κ1) is 9.19. The maximum atomic E-state index is 11.0. The third-order valence-electron chi connectivity index (χ3n) is 1.44. The topological polar surface area (TPSA) is 37.4 Å². The van der Waals surface area contributed by atoms with E-state index in [1.165, 1.54) is 17.1 Å². The lowest BCUT2D eigenvalue weighted by Crippen LogP contribution is -2.29. The molecule has 3 nitrogen and oxygen atoms in total. The molecule has 1 aliphatic rings. The summed E-state index contributed by atoms with van der Waals surface area (Å²) in [6.45, 7) is 0.357. The second-order valence-electron chi connectivity index (χ2n) is 2.25. The van der Waals surface area contributed by atoms with Crippen molar-refractivity contribution >= 4 is 27.7 Å². The van der Waals surface area contributed by atoms with E-state index in [1.54, 1.807) is 6.08 Å². The molecule has 0 bridgehead atoms. The highest BCUT2D eigenvalue weighted by Crippen LogP contribution is 2.02. The molecular formula is C8H8BrNO2. The van der Waals surface area contributed by atoms with Crippen LogP contribution in [0.3, 0.4) is 0 Å². The van der Waals surface area contributed by atoms with Crippen LogP contribution in [0.2, 0.25) is 0 Å². The standard InChI is InChI=1S/C8H8BrNO2/c9-5-1-2-6-10-7(11)3-4-8(10)12/h1-4H,5-6H2/b2-1-. The zero-order valence-electron chi connectivity index (χ0n) is 6.37. The first-order chi connectivity index (χ1) is 5.75. The highest BCUT2D eigenvalue weighted by atomic mass is 79.9. The van der Waals surface area contributed by atoms with E-state index < -0.39 is 0 Å². The minimum absolute atomic E-state index is 0.237. The third-order valence-corrected chi connectivity index (χ3v) is 1.82. The van der Waals surface area contributed by atoms with E-state index in [0.717, 1.165) is 5.33 Å². The Morgan fingerprint density at radius 3 is 2.33 bits per heavy atom. The van der Waals surface area contributed by atoms with E-state index in [9.17, 15) is 9.59 Å². The molecule has 0 aromatic carbocycles. The lowest BCUT2D eigenvalue weighted by Gasteiger charge is -2.09. The molecule has 0 aliphatic carbocycles. The van der Waals surface area contributed by atoms with Gasteiger partial charge in [-0.2, -0.15) is 0 Å². The number of rotatable bonds is 3. The summed E-state index contributed by atoms with van der Waals surface area (Å²) in [5.41, 5.74) is 0. The summed E-state index contributed by atoms with van der Waals surface area (Å²) >= 11 is 3.20. The van der Waals surface area contributed by atoms with Gasteiger partial charge in [0.2, 0.25) is 0 Å². The molecule has 0 saturated heterocycles. The molecule has 1 aliphatic heterocycles. The Morgan fingerprint density at radius 2 is 1.83 bits per heavy atom. The van der Waals surface area contributed by atoms with E-state index >= 15 is 0 Å². The molecule has 0 radical (unpaired) electrons. The van der Waals surface area contributed by atoms with Gasteiger partial charge >= 0.3 is 0 Å². The Bertz CT molecular complexity index is 240. The van der Waals surface area contributed by atoms with Crippen molar-refractivity contribution < 1.29 is 9.59 Å². The molecule has 64 valence electrons. The number of hydrogen-bond acceptors (Lipinski definition) is 2. The predicted octanol–water partition coefficient (Wildman–Crippen LogP) is 0.862. The lowest BCUT2D eigenvalue weighted by atomic mass is 10.4.